The fourth-order valence-corrected chi connectivity index (χ4v) is 2.55. The number of hydrogen-bond donors (Lipinski definition) is 2. The Bertz CT molecular complexity index is 505. The van der Waals surface area contributed by atoms with Gasteiger partial charge in [0.25, 0.3) is 0 Å². The number of methoxy groups -OCH3 is 1. The van der Waals surface area contributed by atoms with E-state index in [4.69, 9.17) is 4.74 Å². The van der Waals surface area contributed by atoms with Crippen LogP contribution in [0.25, 0.3) is 0 Å². The molecule has 19 heavy (non-hydrogen) atoms. The van der Waals surface area contributed by atoms with Crippen molar-refractivity contribution in [2.45, 2.75) is 19.4 Å². The first-order chi connectivity index (χ1) is 8.93. The van der Waals surface area contributed by atoms with Gasteiger partial charge in [0.15, 0.2) is 11.6 Å². The second-order valence-electron chi connectivity index (χ2n) is 4.70. The molecule has 2 aliphatic carbocycles. The summed E-state index contributed by atoms with van der Waals surface area (Å²) in [4.78, 5) is 35.3. The number of amides is 1. The van der Waals surface area contributed by atoms with Crippen LogP contribution >= 0.6 is 0 Å². The van der Waals surface area contributed by atoms with Crippen molar-refractivity contribution < 1.29 is 24.2 Å². The molecular weight excluding hydrogens is 250 g/mol. The minimum atomic E-state index is -0.694. The van der Waals surface area contributed by atoms with Crippen LogP contribution in [-0.4, -0.2) is 35.8 Å². The fraction of sp³-hybridized carbons (Fsp3) is 0.462. The van der Waals surface area contributed by atoms with Crippen LogP contribution in [0, 0.1) is 11.8 Å². The van der Waals surface area contributed by atoms with Gasteiger partial charge >= 0.3 is 0 Å². The molecule has 0 aliphatic heterocycles. The summed E-state index contributed by atoms with van der Waals surface area (Å²) in [5.41, 5.74) is -0.00408. The zero-order valence-electron chi connectivity index (χ0n) is 10.7. The van der Waals surface area contributed by atoms with Crippen molar-refractivity contribution >= 4 is 17.5 Å². The van der Waals surface area contributed by atoms with Crippen LogP contribution in [0.1, 0.15) is 13.3 Å². The van der Waals surface area contributed by atoms with Crippen molar-refractivity contribution in [3.8, 4) is 0 Å². The number of aliphatic hydroxyl groups is 1. The molecule has 6 nitrogen and oxygen atoms in total. The van der Waals surface area contributed by atoms with Crippen LogP contribution in [0.2, 0.25) is 0 Å². The molecule has 0 saturated carbocycles. The Morgan fingerprint density at radius 3 is 2.74 bits per heavy atom. The lowest BCUT2D eigenvalue weighted by atomic mass is 9.71. The Hall–Kier alpha value is -1.95. The van der Waals surface area contributed by atoms with Gasteiger partial charge in [0.1, 0.15) is 0 Å². The fourth-order valence-electron chi connectivity index (χ4n) is 2.55. The van der Waals surface area contributed by atoms with Crippen LogP contribution in [0.4, 0.5) is 0 Å². The highest BCUT2D eigenvalue weighted by atomic mass is 16.5. The number of carbonyl (C=O) groups excluding carboxylic acids is 3. The third-order valence-electron chi connectivity index (χ3n) is 3.38. The van der Waals surface area contributed by atoms with Gasteiger partial charge in [-0.3, -0.25) is 14.4 Å². The first-order valence-electron chi connectivity index (χ1n) is 5.94. The minimum Gasteiger partial charge on any atom is -0.513 e. The van der Waals surface area contributed by atoms with Gasteiger partial charge in [-0.25, -0.2) is 0 Å². The minimum absolute atomic E-state index is 0.00408. The zero-order valence-corrected chi connectivity index (χ0v) is 10.7. The smallest absolute Gasteiger partial charge is 0.221 e. The molecule has 0 fully saturated rings. The number of ketones is 2. The van der Waals surface area contributed by atoms with Gasteiger partial charge < -0.3 is 15.2 Å². The van der Waals surface area contributed by atoms with E-state index in [9.17, 15) is 19.5 Å². The number of hydrogen-bond acceptors (Lipinski definition) is 5. The van der Waals surface area contributed by atoms with Gasteiger partial charge in [-0.15, -0.1) is 0 Å². The quantitative estimate of drug-likeness (QED) is 0.746. The molecule has 2 N–H and O–H groups in total. The number of allylic oxidation sites excluding steroid dienone is 3. The summed E-state index contributed by atoms with van der Waals surface area (Å²) >= 11 is 0. The van der Waals surface area contributed by atoms with Gasteiger partial charge in [-0.2, -0.15) is 0 Å². The van der Waals surface area contributed by atoms with Crippen LogP contribution in [0.3, 0.4) is 0 Å². The maximum atomic E-state index is 12.3. The Balaban J connectivity index is 2.37. The maximum Gasteiger partial charge on any atom is 0.221 e. The molecule has 0 aromatic carbocycles. The summed E-state index contributed by atoms with van der Waals surface area (Å²) in [6, 6.07) is 0. The molecule has 1 amide bonds. The molecular formula is C13H15NO5. The lowest BCUT2D eigenvalue weighted by molar-refractivity contribution is -0.135. The summed E-state index contributed by atoms with van der Waals surface area (Å²) in [7, 11) is 1.41. The van der Waals surface area contributed by atoms with E-state index < -0.39 is 23.8 Å². The third-order valence-corrected chi connectivity index (χ3v) is 3.38. The summed E-state index contributed by atoms with van der Waals surface area (Å²) in [6.45, 7) is 1.27. The lowest BCUT2D eigenvalue weighted by Gasteiger charge is -2.35. The Labute approximate surface area is 110 Å². The van der Waals surface area contributed by atoms with E-state index in [0.717, 1.165) is 6.08 Å². The SMILES string of the molecule is COC1C=C(O)CC2C(=O)C=C(NC(C)=O)C(=O)C12. The number of ether oxygens (including phenoxy) is 1. The molecule has 2 rings (SSSR count). The van der Waals surface area contributed by atoms with Crippen LogP contribution in [-0.2, 0) is 19.1 Å². The second-order valence-corrected chi connectivity index (χ2v) is 4.70. The highest BCUT2D eigenvalue weighted by Crippen LogP contribution is 2.36. The first-order valence-corrected chi connectivity index (χ1v) is 5.94. The Morgan fingerprint density at radius 2 is 2.16 bits per heavy atom. The Kier molecular flexibility index (Phi) is 3.53. The highest BCUT2D eigenvalue weighted by molar-refractivity contribution is 6.12. The largest absolute Gasteiger partial charge is 0.513 e. The van der Waals surface area contributed by atoms with Gasteiger partial charge in [-0.1, -0.05) is 0 Å². The highest BCUT2D eigenvalue weighted by Gasteiger charge is 2.45. The molecule has 0 spiro atoms. The molecule has 0 bridgehead atoms. The molecule has 0 heterocycles. The van der Waals surface area contributed by atoms with Crippen LogP contribution in [0.5, 0.6) is 0 Å². The number of Topliss-reactive ketones (excluding diaryl/α,β-unsaturated/α-hetero) is 1. The number of rotatable bonds is 2. The van der Waals surface area contributed by atoms with Crippen molar-refractivity contribution in [2.75, 3.05) is 7.11 Å². The summed E-state index contributed by atoms with van der Waals surface area (Å²) < 4.78 is 5.15. The van der Waals surface area contributed by atoms with E-state index in [1.165, 1.54) is 20.1 Å². The molecule has 0 aromatic rings. The van der Waals surface area contributed by atoms with Crippen molar-refractivity contribution in [3.05, 3.63) is 23.6 Å². The van der Waals surface area contributed by atoms with Gasteiger partial charge in [-0.05, 0) is 6.08 Å². The second kappa shape index (κ2) is 4.97. The molecule has 102 valence electrons. The molecule has 0 radical (unpaired) electrons. The standard InChI is InChI=1S/C13H15NO5/c1-6(15)14-9-5-10(17)8-3-7(16)4-11(19-2)12(8)13(9)18/h4-5,8,11-12,16H,3H2,1-2H3,(H,14,15). The van der Waals surface area contributed by atoms with E-state index in [1.807, 2.05) is 0 Å². The van der Waals surface area contributed by atoms with Gasteiger partial charge in [0.05, 0.1) is 23.5 Å². The monoisotopic (exact) mass is 265 g/mol. The van der Waals surface area contributed by atoms with Crippen LogP contribution < -0.4 is 5.32 Å². The predicted molar refractivity (Wildman–Crippen MR) is 65.0 cm³/mol. The lowest BCUT2D eigenvalue weighted by Crippen LogP contribution is -2.47. The summed E-state index contributed by atoms with van der Waals surface area (Å²) in [5.74, 6) is -2.30. The zero-order chi connectivity index (χ0) is 14.2. The number of aliphatic hydroxyl groups excluding tert-OH is 1. The average Bonchev–Trinajstić information content (AvgIpc) is 2.33. The molecule has 3 unspecified atom stereocenters. The molecule has 2 aliphatic rings. The number of carbonyl (C=O) groups is 3. The average molecular weight is 265 g/mol. The van der Waals surface area contributed by atoms with Crippen molar-refractivity contribution in [1.82, 2.24) is 5.32 Å². The van der Waals surface area contributed by atoms with Gasteiger partial charge in [0, 0.05) is 32.4 Å². The molecule has 3 atom stereocenters. The number of fused-ring (bicyclic) bond motifs is 1. The normalized spacial score (nSPS) is 30.3. The van der Waals surface area contributed by atoms with E-state index in [0.29, 0.717) is 0 Å². The van der Waals surface area contributed by atoms with E-state index in [1.54, 1.807) is 0 Å². The van der Waals surface area contributed by atoms with Crippen molar-refractivity contribution in [1.29, 1.82) is 0 Å². The molecule has 6 heteroatoms. The van der Waals surface area contributed by atoms with E-state index in [-0.39, 0.29) is 29.4 Å². The van der Waals surface area contributed by atoms with E-state index in [2.05, 4.69) is 5.32 Å². The predicted octanol–water partition coefficient (Wildman–Crippen LogP) is 0.251. The number of nitrogens with one attached hydrogen (secondary N) is 1. The van der Waals surface area contributed by atoms with Gasteiger partial charge in [0.2, 0.25) is 5.91 Å². The van der Waals surface area contributed by atoms with E-state index >= 15 is 0 Å². The maximum absolute atomic E-state index is 12.3. The first kappa shape index (κ1) is 13.5. The topological polar surface area (TPSA) is 92.7 Å². The molecule has 0 aromatic heterocycles. The molecule has 0 saturated heterocycles. The Morgan fingerprint density at radius 1 is 1.47 bits per heavy atom. The third kappa shape index (κ3) is 2.44. The summed E-state index contributed by atoms with van der Waals surface area (Å²) in [6.07, 6.45) is 2.03. The van der Waals surface area contributed by atoms with Crippen LogP contribution in [0.15, 0.2) is 23.6 Å². The van der Waals surface area contributed by atoms with Crippen molar-refractivity contribution in [2.24, 2.45) is 11.8 Å². The summed E-state index contributed by atoms with van der Waals surface area (Å²) in [5, 5.41) is 12.0. The van der Waals surface area contributed by atoms with Crippen molar-refractivity contribution in [3.63, 3.8) is 0 Å².